The number of aromatic nitrogens is 1. The zero-order valence-corrected chi connectivity index (χ0v) is 31.2. The maximum Gasteiger partial charge on any atom is 0.0541 e. The lowest BCUT2D eigenvalue weighted by atomic mass is 9.94. The van der Waals surface area contributed by atoms with Crippen LogP contribution in [-0.2, 0) is 0 Å². The van der Waals surface area contributed by atoms with Crippen molar-refractivity contribution in [3.8, 4) is 39.1 Å². The number of hydrogen-bond acceptors (Lipinski definition) is 1. The van der Waals surface area contributed by atoms with Crippen molar-refractivity contribution in [3.05, 3.63) is 200 Å². The Morgan fingerprint density at radius 1 is 0.286 bits per heavy atom. The minimum absolute atomic E-state index is 1.17. The van der Waals surface area contributed by atoms with E-state index in [0.29, 0.717) is 0 Å². The van der Waals surface area contributed by atoms with Gasteiger partial charge in [-0.25, -0.2) is 0 Å². The Hall–Kier alpha value is -7.00. The number of hydrogen-bond donors (Lipinski definition) is 0. The average Bonchev–Trinajstić information content (AvgIpc) is 3.81. The van der Waals surface area contributed by atoms with E-state index in [0.717, 1.165) is 0 Å². The predicted molar refractivity (Wildman–Crippen MR) is 242 cm³/mol. The maximum atomic E-state index is 2.46. The summed E-state index contributed by atoms with van der Waals surface area (Å²) in [5.41, 5.74) is 11.0. The van der Waals surface area contributed by atoms with Crippen LogP contribution in [0.3, 0.4) is 0 Å². The molecule has 2 aromatic heterocycles. The molecule has 0 spiro atoms. The van der Waals surface area contributed by atoms with E-state index >= 15 is 0 Å². The second kappa shape index (κ2) is 12.3. The van der Waals surface area contributed by atoms with E-state index < -0.39 is 0 Å². The standard InChI is InChI=1S/C54H33NS/c1-3-13-34(14-4-1)36-24-28-53-49(29-36)50-32-38(35-15-5-2-6-16-35)31-46(54(50)56-53)37-23-27-52-48(30-37)45-21-11-12-22-51(45)55(52)39-25-26-44-42-19-8-7-17-40(42)41-18-9-10-20-43(41)47(44)33-39/h1-33H. The quantitative estimate of drug-likeness (QED) is 0.159. The molecule has 0 amide bonds. The van der Waals surface area contributed by atoms with E-state index in [9.17, 15) is 0 Å². The van der Waals surface area contributed by atoms with E-state index in [1.54, 1.807) is 0 Å². The number of para-hydroxylation sites is 1. The fourth-order valence-electron chi connectivity index (χ4n) is 9.15. The Morgan fingerprint density at radius 2 is 0.821 bits per heavy atom. The minimum Gasteiger partial charge on any atom is -0.309 e. The molecular weight excluding hydrogens is 695 g/mol. The molecule has 1 nitrogen and oxygen atoms in total. The highest BCUT2D eigenvalue weighted by molar-refractivity contribution is 7.26. The molecule has 0 aliphatic heterocycles. The van der Waals surface area contributed by atoms with E-state index in [-0.39, 0.29) is 0 Å². The molecule has 12 aromatic rings. The van der Waals surface area contributed by atoms with E-state index in [1.807, 2.05) is 11.3 Å². The zero-order valence-electron chi connectivity index (χ0n) is 30.4. The molecule has 0 fully saturated rings. The molecule has 0 aliphatic rings. The van der Waals surface area contributed by atoms with Gasteiger partial charge in [0.1, 0.15) is 0 Å². The number of thiophene rings is 1. The molecule has 56 heavy (non-hydrogen) atoms. The monoisotopic (exact) mass is 727 g/mol. The predicted octanol–water partition coefficient (Wildman–Crippen LogP) is 15.6. The molecule has 0 atom stereocenters. The summed E-state index contributed by atoms with van der Waals surface area (Å²) in [6.07, 6.45) is 0. The molecule has 0 bridgehead atoms. The second-order valence-corrected chi connectivity index (χ2v) is 15.9. The van der Waals surface area contributed by atoms with E-state index in [1.165, 1.54) is 113 Å². The van der Waals surface area contributed by atoms with Crippen molar-refractivity contribution >= 4 is 85.6 Å². The molecule has 0 saturated carbocycles. The first-order chi connectivity index (χ1) is 27.8. The first-order valence-electron chi connectivity index (χ1n) is 19.3. The first kappa shape index (κ1) is 31.4. The molecule has 0 N–H and O–H groups in total. The second-order valence-electron chi connectivity index (χ2n) is 14.9. The highest BCUT2D eigenvalue weighted by atomic mass is 32.1. The van der Waals surface area contributed by atoms with Gasteiger partial charge in [-0.1, -0.05) is 146 Å². The molecule has 2 heterocycles. The van der Waals surface area contributed by atoms with Crippen LogP contribution < -0.4 is 0 Å². The SMILES string of the molecule is c1ccc(-c2ccc3sc4c(-c5ccc6c(c5)c5ccccc5n6-c5ccc6c7ccccc7c7ccccc7c6c5)cc(-c5ccccc5)cc4c3c2)cc1. The third-order valence-electron chi connectivity index (χ3n) is 11.8. The molecule has 0 unspecified atom stereocenters. The summed E-state index contributed by atoms with van der Waals surface area (Å²) in [7, 11) is 0. The summed E-state index contributed by atoms with van der Waals surface area (Å²) in [5.74, 6) is 0. The lowest BCUT2D eigenvalue weighted by Gasteiger charge is -2.14. The van der Waals surface area contributed by atoms with Crippen molar-refractivity contribution < 1.29 is 0 Å². The Kier molecular flexibility index (Phi) is 6.87. The topological polar surface area (TPSA) is 4.93 Å². The highest BCUT2D eigenvalue weighted by Gasteiger charge is 2.18. The highest BCUT2D eigenvalue weighted by Crippen LogP contribution is 2.45. The Bertz CT molecular complexity index is 3480. The summed E-state index contributed by atoms with van der Waals surface area (Å²) >= 11 is 1.90. The molecule has 10 aromatic carbocycles. The van der Waals surface area contributed by atoms with Crippen molar-refractivity contribution in [1.82, 2.24) is 4.57 Å². The van der Waals surface area contributed by atoms with Crippen molar-refractivity contribution in [1.29, 1.82) is 0 Å². The number of benzene rings is 10. The molecule has 12 rings (SSSR count). The van der Waals surface area contributed by atoms with Gasteiger partial charge in [0.15, 0.2) is 0 Å². The Labute approximate surface area is 327 Å². The van der Waals surface area contributed by atoms with Crippen LogP contribution in [0.5, 0.6) is 0 Å². The Morgan fingerprint density at radius 3 is 1.54 bits per heavy atom. The van der Waals surface area contributed by atoms with Crippen LogP contribution in [0.1, 0.15) is 0 Å². The lowest BCUT2D eigenvalue weighted by molar-refractivity contribution is 1.19. The van der Waals surface area contributed by atoms with Gasteiger partial charge in [0.25, 0.3) is 0 Å². The smallest absolute Gasteiger partial charge is 0.0541 e. The number of rotatable bonds is 4. The first-order valence-corrected chi connectivity index (χ1v) is 20.1. The number of fused-ring (bicyclic) bond motifs is 12. The van der Waals surface area contributed by atoms with Gasteiger partial charge >= 0.3 is 0 Å². The van der Waals surface area contributed by atoms with Crippen molar-refractivity contribution in [2.45, 2.75) is 0 Å². The molecule has 2 heteroatoms. The Balaban J connectivity index is 1.10. The van der Waals surface area contributed by atoms with Crippen LogP contribution in [0.25, 0.3) is 113 Å². The maximum absolute atomic E-state index is 2.46. The van der Waals surface area contributed by atoms with Gasteiger partial charge in [0.2, 0.25) is 0 Å². The summed E-state index contributed by atoms with van der Waals surface area (Å²) in [6, 6.07) is 74.0. The fourth-order valence-corrected chi connectivity index (χ4v) is 10.4. The molecule has 0 radical (unpaired) electrons. The van der Waals surface area contributed by atoms with Gasteiger partial charge in [0.05, 0.1) is 11.0 Å². The minimum atomic E-state index is 1.17. The molecule has 260 valence electrons. The van der Waals surface area contributed by atoms with Crippen LogP contribution >= 0.6 is 11.3 Å². The van der Waals surface area contributed by atoms with Crippen LogP contribution in [0.4, 0.5) is 0 Å². The number of nitrogens with zero attached hydrogens (tertiary/aromatic N) is 1. The molecule has 0 aliphatic carbocycles. The lowest BCUT2D eigenvalue weighted by Crippen LogP contribution is -1.94. The van der Waals surface area contributed by atoms with Crippen molar-refractivity contribution in [2.24, 2.45) is 0 Å². The average molecular weight is 728 g/mol. The van der Waals surface area contributed by atoms with Gasteiger partial charge in [-0.2, -0.15) is 0 Å². The summed E-state index contributed by atoms with van der Waals surface area (Å²) in [5, 5.41) is 12.9. The van der Waals surface area contributed by atoms with Crippen LogP contribution in [0.2, 0.25) is 0 Å². The molecular formula is C54H33NS. The van der Waals surface area contributed by atoms with Gasteiger partial charge in [-0.15, -0.1) is 11.3 Å². The van der Waals surface area contributed by atoms with Crippen LogP contribution in [-0.4, -0.2) is 4.57 Å². The third kappa shape index (κ3) is 4.73. The zero-order chi connectivity index (χ0) is 36.7. The van der Waals surface area contributed by atoms with Gasteiger partial charge < -0.3 is 4.57 Å². The van der Waals surface area contributed by atoms with E-state index in [2.05, 4.69) is 205 Å². The largest absolute Gasteiger partial charge is 0.309 e. The van der Waals surface area contributed by atoms with Gasteiger partial charge in [0, 0.05) is 42.2 Å². The molecule has 0 saturated heterocycles. The van der Waals surface area contributed by atoms with Crippen LogP contribution in [0, 0.1) is 0 Å². The van der Waals surface area contributed by atoms with Gasteiger partial charge in [-0.05, 0) is 115 Å². The summed E-state index contributed by atoms with van der Waals surface area (Å²) in [4.78, 5) is 0. The van der Waals surface area contributed by atoms with Crippen molar-refractivity contribution in [2.75, 3.05) is 0 Å². The third-order valence-corrected chi connectivity index (χ3v) is 13.0. The normalized spacial score (nSPS) is 11.9. The van der Waals surface area contributed by atoms with Gasteiger partial charge in [-0.3, -0.25) is 0 Å². The summed E-state index contributed by atoms with van der Waals surface area (Å²) in [6.45, 7) is 0. The van der Waals surface area contributed by atoms with Crippen LogP contribution in [0.15, 0.2) is 200 Å². The fraction of sp³-hybridized carbons (Fsp3) is 0. The van der Waals surface area contributed by atoms with Crippen molar-refractivity contribution in [3.63, 3.8) is 0 Å². The van der Waals surface area contributed by atoms with E-state index in [4.69, 9.17) is 0 Å². The summed E-state index contributed by atoms with van der Waals surface area (Å²) < 4.78 is 5.08.